The molecule has 1 aromatic carbocycles. The van der Waals surface area contributed by atoms with E-state index >= 15 is 0 Å². The van der Waals surface area contributed by atoms with Crippen molar-refractivity contribution in [1.29, 1.82) is 0 Å². The van der Waals surface area contributed by atoms with E-state index in [0.717, 1.165) is 19.4 Å². The molecule has 0 radical (unpaired) electrons. The van der Waals surface area contributed by atoms with Crippen molar-refractivity contribution in [3.8, 4) is 0 Å². The van der Waals surface area contributed by atoms with E-state index in [2.05, 4.69) is 21.9 Å². The lowest BCUT2D eigenvalue weighted by Crippen LogP contribution is -2.13. The number of nitrogens with zero attached hydrogens (tertiary/aromatic N) is 1. The molecule has 0 unspecified atom stereocenters. The predicted molar refractivity (Wildman–Crippen MR) is 94.9 cm³/mol. The maximum Gasteiger partial charge on any atom is 0.261 e. The van der Waals surface area contributed by atoms with Crippen LogP contribution in [0.4, 0.5) is 11.5 Å². The number of sulfonamides is 1. The van der Waals surface area contributed by atoms with Gasteiger partial charge in [-0.3, -0.25) is 4.72 Å². The fourth-order valence-corrected chi connectivity index (χ4v) is 3.24. The van der Waals surface area contributed by atoms with Gasteiger partial charge in [0.05, 0.1) is 26.8 Å². The Balaban J connectivity index is 2.09. The predicted octanol–water partition coefficient (Wildman–Crippen LogP) is 4.40. The van der Waals surface area contributed by atoms with Gasteiger partial charge in [-0.2, -0.15) is 0 Å². The van der Waals surface area contributed by atoms with Crippen LogP contribution < -0.4 is 10.0 Å². The van der Waals surface area contributed by atoms with E-state index < -0.39 is 10.0 Å². The Hall–Kier alpha value is -1.50. The summed E-state index contributed by atoms with van der Waals surface area (Å²) in [6, 6.07) is 7.52. The van der Waals surface area contributed by atoms with Crippen molar-refractivity contribution in [3.63, 3.8) is 0 Å². The molecule has 0 bridgehead atoms. The molecule has 23 heavy (non-hydrogen) atoms. The van der Waals surface area contributed by atoms with Crippen LogP contribution in [-0.2, 0) is 10.0 Å². The number of unbranched alkanes of at least 4 members (excludes halogenated alkanes) is 1. The van der Waals surface area contributed by atoms with Crippen LogP contribution in [0.2, 0.25) is 10.0 Å². The Morgan fingerprint density at radius 2 is 1.91 bits per heavy atom. The first-order valence-electron chi connectivity index (χ1n) is 7.10. The molecule has 0 atom stereocenters. The van der Waals surface area contributed by atoms with Crippen LogP contribution in [0.25, 0.3) is 0 Å². The van der Waals surface area contributed by atoms with Gasteiger partial charge >= 0.3 is 0 Å². The van der Waals surface area contributed by atoms with Gasteiger partial charge in [0.15, 0.2) is 0 Å². The maximum atomic E-state index is 12.3. The molecule has 124 valence electrons. The summed E-state index contributed by atoms with van der Waals surface area (Å²) in [5.74, 6) is 0.705. The van der Waals surface area contributed by atoms with Gasteiger partial charge in [-0.15, -0.1) is 0 Å². The highest BCUT2D eigenvalue weighted by Gasteiger charge is 2.15. The number of hydrogen-bond donors (Lipinski definition) is 2. The monoisotopic (exact) mass is 373 g/mol. The molecule has 0 aliphatic rings. The number of anilines is 2. The van der Waals surface area contributed by atoms with Crippen LogP contribution in [0.3, 0.4) is 0 Å². The number of hydrogen-bond acceptors (Lipinski definition) is 4. The first-order chi connectivity index (χ1) is 10.9. The Morgan fingerprint density at radius 3 is 2.52 bits per heavy atom. The quantitative estimate of drug-likeness (QED) is 0.705. The summed E-state index contributed by atoms with van der Waals surface area (Å²) in [7, 11) is -3.74. The van der Waals surface area contributed by atoms with E-state index in [1.54, 1.807) is 12.1 Å². The summed E-state index contributed by atoms with van der Waals surface area (Å²) in [6.07, 6.45) is 3.60. The van der Waals surface area contributed by atoms with Crippen LogP contribution in [0.5, 0.6) is 0 Å². The SMILES string of the molecule is CCCCNc1ccc(NS(=O)(=O)c2ccc(Cl)c(Cl)c2)cn1. The highest BCUT2D eigenvalue weighted by Crippen LogP contribution is 2.26. The minimum absolute atomic E-state index is 0.0389. The maximum absolute atomic E-state index is 12.3. The number of nitrogens with one attached hydrogen (secondary N) is 2. The molecule has 1 heterocycles. The first kappa shape index (κ1) is 17.8. The minimum atomic E-state index is -3.74. The zero-order valence-electron chi connectivity index (χ0n) is 12.5. The van der Waals surface area contributed by atoms with Gasteiger partial charge in [-0.25, -0.2) is 13.4 Å². The van der Waals surface area contributed by atoms with Gasteiger partial charge in [-0.1, -0.05) is 36.5 Å². The lowest BCUT2D eigenvalue weighted by Gasteiger charge is -2.10. The summed E-state index contributed by atoms with van der Waals surface area (Å²) in [5.41, 5.74) is 0.372. The van der Waals surface area contributed by atoms with Crippen molar-refractivity contribution in [1.82, 2.24) is 4.98 Å². The van der Waals surface area contributed by atoms with E-state index in [9.17, 15) is 8.42 Å². The van der Waals surface area contributed by atoms with E-state index in [1.165, 1.54) is 24.4 Å². The van der Waals surface area contributed by atoms with E-state index in [0.29, 0.717) is 16.5 Å². The van der Waals surface area contributed by atoms with Crippen LogP contribution in [0.1, 0.15) is 19.8 Å². The second-order valence-electron chi connectivity index (χ2n) is 4.89. The van der Waals surface area contributed by atoms with Crippen LogP contribution >= 0.6 is 23.2 Å². The zero-order valence-corrected chi connectivity index (χ0v) is 14.8. The van der Waals surface area contributed by atoms with E-state index in [1.807, 2.05) is 0 Å². The van der Waals surface area contributed by atoms with Crippen molar-refractivity contribution < 1.29 is 8.42 Å². The summed E-state index contributed by atoms with van der Waals surface area (Å²) in [6.45, 7) is 2.94. The molecule has 0 amide bonds. The summed E-state index contributed by atoms with van der Waals surface area (Å²) in [4.78, 5) is 4.21. The Kier molecular flexibility index (Phi) is 6.10. The molecule has 0 fully saturated rings. The third-order valence-electron chi connectivity index (χ3n) is 3.05. The van der Waals surface area contributed by atoms with Crippen molar-refractivity contribution >= 4 is 44.7 Å². The lowest BCUT2D eigenvalue weighted by molar-refractivity contribution is 0.601. The Bertz CT molecular complexity index is 765. The van der Waals surface area contributed by atoms with Gasteiger partial charge in [-0.05, 0) is 36.8 Å². The minimum Gasteiger partial charge on any atom is -0.370 e. The topological polar surface area (TPSA) is 71.1 Å². The molecule has 2 N–H and O–H groups in total. The van der Waals surface area contributed by atoms with Crippen molar-refractivity contribution in [2.24, 2.45) is 0 Å². The molecular formula is C15H17Cl2N3O2S. The third kappa shape index (κ3) is 4.99. The highest BCUT2D eigenvalue weighted by atomic mass is 35.5. The number of benzene rings is 1. The fraction of sp³-hybridized carbons (Fsp3) is 0.267. The third-order valence-corrected chi connectivity index (χ3v) is 5.17. The molecule has 0 saturated carbocycles. The van der Waals surface area contributed by atoms with E-state index in [-0.39, 0.29) is 9.92 Å². The number of aromatic nitrogens is 1. The number of halogens is 2. The normalized spacial score (nSPS) is 11.3. The van der Waals surface area contributed by atoms with Crippen molar-refractivity contribution in [3.05, 3.63) is 46.6 Å². The van der Waals surface area contributed by atoms with Gasteiger partial charge in [0.1, 0.15) is 5.82 Å². The molecule has 8 heteroatoms. The van der Waals surface area contributed by atoms with Crippen molar-refractivity contribution in [2.75, 3.05) is 16.6 Å². The molecule has 0 saturated heterocycles. The standard InChI is InChI=1S/C15H17Cl2N3O2S/c1-2-3-8-18-15-7-4-11(10-19-15)20-23(21,22)12-5-6-13(16)14(17)9-12/h4-7,9-10,20H,2-3,8H2,1H3,(H,18,19). The molecule has 2 aromatic rings. The van der Waals surface area contributed by atoms with Crippen molar-refractivity contribution in [2.45, 2.75) is 24.7 Å². The molecule has 5 nitrogen and oxygen atoms in total. The second-order valence-corrected chi connectivity index (χ2v) is 7.39. The summed E-state index contributed by atoms with van der Waals surface area (Å²) in [5, 5.41) is 3.64. The van der Waals surface area contributed by atoms with Crippen LogP contribution in [0, 0.1) is 0 Å². The molecular weight excluding hydrogens is 357 g/mol. The second kappa shape index (κ2) is 7.86. The lowest BCUT2D eigenvalue weighted by atomic mass is 10.3. The Morgan fingerprint density at radius 1 is 1.13 bits per heavy atom. The molecule has 0 spiro atoms. The zero-order chi connectivity index (χ0) is 16.9. The van der Waals surface area contributed by atoms with Gasteiger partial charge in [0.25, 0.3) is 10.0 Å². The van der Waals surface area contributed by atoms with Crippen LogP contribution in [0.15, 0.2) is 41.4 Å². The van der Waals surface area contributed by atoms with Gasteiger partial charge < -0.3 is 5.32 Å². The molecule has 2 rings (SSSR count). The molecule has 0 aliphatic carbocycles. The molecule has 0 aliphatic heterocycles. The van der Waals surface area contributed by atoms with E-state index in [4.69, 9.17) is 23.2 Å². The largest absolute Gasteiger partial charge is 0.370 e. The fourth-order valence-electron chi connectivity index (χ4n) is 1.81. The number of rotatable bonds is 7. The first-order valence-corrected chi connectivity index (χ1v) is 9.34. The van der Waals surface area contributed by atoms with Gasteiger partial charge in [0.2, 0.25) is 0 Å². The smallest absolute Gasteiger partial charge is 0.261 e. The molecule has 1 aromatic heterocycles. The number of pyridine rings is 1. The Labute approximate surface area is 146 Å². The average molecular weight is 374 g/mol. The summed E-state index contributed by atoms with van der Waals surface area (Å²) < 4.78 is 27.1. The summed E-state index contributed by atoms with van der Waals surface area (Å²) >= 11 is 11.7. The van der Waals surface area contributed by atoms with Crippen LogP contribution in [-0.4, -0.2) is 19.9 Å². The average Bonchev–Trinajstić information content (AvgIpc) is 2.51. The van der Waals surface area contributed by atoms with Gasteiger partial charge in [0, 0.05) is 6.54 Å². The highest BCUT2D eigenvalue weighted by molar-refractivity contribution is 7.92.